The maximum atomic E-state index is 12.1. The number of hydrogen-bond donors (Lipinski definition) is 0. The molecule has 1 saturated carbocycles. The van der Waals surface area contributed by atoms with E-state index in [-0.39, 0.29) is 6.10 Å². The van der Waals surface area contributed by atoms with Gasteiger partial charge in [0, 0.05) is 11.8 Å². The quantitative estimate of drug-likeness (QED) is 0.617. The first-order chi connectivity index (χ1) is 9.31. The third kappa shape index (κ3) is 1.68. The first kappa shape index (κ1) is 12.1. The summed E-state index contributed by atoms with van der Waals surface area (Å²) < 4.78 is 6.29. The van der Waals surface area contributed by atoms with Crippen molar-refractivity contribution in [3.05, 3.63) is 11.1 Å². The number of ketones is 1. The summed E-state index contributed by atoms with van der Waals surface area (Å²) in [4.78, 5) is 12.1. The van der Waals surface area contributed by atoms with Crippen LogP contribution in [-0.4, -0.2) is 18.0 Å². The van der Waals surface area contributed by atoms with Crippen molar-refractivity contribution in [2.75, 3.05) is 0 Å². The van der Waals surface area contributed by atoms with Gasteiger partial charge < -0.3 is 4.74 Å². The Morgan fingerprint density at radius 1 is 0.947 bits per heavy atom. The average Bonchev–Trinajstić information content (AvgIpc) is 2.79. The second kappa shape index (κ2) is 4.44. The third-order valence-electron chi connectivity index (χ3n) is 6.04. The number of rotatable bonds is 0. The summed E-state index contributed by atoms with van der Waals surface area (Å²) in [5.41, 5.74) is 3.44. The van der Waals surface area contributed by atoms with Crippen molar-refractivity contribution in [2.45, 2.75) is 82.8 Å². The van der Waals surface area contributed by atoms with Crippen molar-refractivity contribution in [3.8, 4) is 0 Å². The Morgan fingerprint density at radius 3 is 2.53 bits per heavy atom. The molecule has 0 aromatic rings. The van der Waals surface area contributed by atoms with E-state index in [9.17, 15) is 4.79 Å². The zero-order valence-corrected chi connectivity index (χ0v) is 11.7. The summed E-state index contributed by atoms with van der Waals surface area (Å²) in [5, 5.41) is 0. The van der Waals surface area contributed by atoms with Crippen molar-refractivity contribution in [1.82, 2.24) is 0 Å². The van der Waals surface area contributed by atoms with Gasteiger partial charge in [-0.1, -0.05) is 31.3 Å². The number of fused-ring (bicyclic) bond motifs is 5. The molecule has 0 radical (unpaired) electrons. The molecule has 4 aliphatic rings. The molecule has 4 rings (SSSR count). The summed E-state index contributed by atoms with van der Waals surface area (Å²) in [6.07, 6.45) is 13.7. The standard InChI is InChI=1S/C17H24O2/c18-14-8-9-15-17(10-3-1-2-4-11-17)13-7-5-6-12(13)16(14)19-15/h15-16H,1-11H2/t15-,16-/m1/s1. The third-order valence-corrected chi connectivity index (χ3v) is 6.04. The number of Topliss-reactive ketones (excluding diaryl/α,β-unsaturated/α-hetero) is 1. The van der Waals surface area contributed by atoms with Crippen molar-refractivity contribution >= 4 is 5.78 Å². The van der Waals surface area contributed by atoms with Gasteiger partial charge in [-0.05, 0) is 44.1 Å². The highest BCUT2D eigenvalue weighted by molar-refractivity contribution is 5.87. The molecule has 2 nitrogen and oxygen atoms in total. The van der Waals surface area contributed by atoms with Crippen LogP contribution in [0.5, 0.6) is 0 Å². The normalized spacial score (nSPS) is 37.4. The van der Waals surface area contributed by atoms with Crippen LogP contribution in [0.15, 0.2) is 11.1 Å². The maximum Gasteiger partial charge on any atom is 0.165 e. The Balaban J connectivity index is 1.80. The predicted molar refractivity (Wildman–Crippen MR) is 73.9 cm³/mol. The molecule has 2 atom stereocenters. The molecule has 0 unspecified atom stereocenters. The Hall–Kier alpha value is -0.630. The lowest BCUT2D eigenvalue weighted by molar-refractivity contribution is -0.152. The number of ether oxygens (including phenoxy) is 1. The molecule has 2 aliphatic carbocycles. The van der Waals surface area contributed by atoms with Crippen LogP contribution in [0.3, 0.4) is 0 Å². The fraction of sp³-hybridized carbons (Fsp3) is 0.824. The average molecular weight is 260 g/mol. The van der Waals surface area contributed by atoms with E-state index < -0.39 is 0 Å². The van der Waals surface area contributed by atoms with E-state index in [4.69, 9.17) is 4.74 Å². The van der Waals surface area contributed by atoms with Gasteiger partial charge in [-0.25, -0.2) is 0 Å². The molecule has 2 fully saturated rings. The number of carbonyl (C=O) groups excluding carboxylic acids is 1. The molecular formula is C17H24O2. The smallest absolute Gasteiger partial charge is 0.165 e. The van der Waals surface area contributed by atoms with Gasteiger partial charge in [0.25, 0.3) is 0 Å². The molecule has 2 heterocycles. The lowest BCUT2D eigenvalue weighted by Crippen LogP contribution is -2.51. The topological polar surface area (TPSA) is 26.3 Å². The highest BCUT2D eigenvalue weighted by Crippen LogP contribution is 2.57. The summed E-state index contributed by atoms with van der Waals surface area (Å²) in [6, 6.07) is 0. The minimum Gasteiger partial charge on any atom is -0.362 e. The van der Waals surface area contributed by atoms with Gasteiger partial charge in [0.15, 0.2) is 5.78 Å². The van der Waals surface area contributed by atoms with Crippen molar-refractivity contribution in [3.63, 3.8) is 0 Å². The first-order valence-electron chi connectivity index (χ1n) is 8.22. The van der Waals surface area contributed by atoms with E-state index in [1.54, 1.807) is 5.57 Å². The van der Waals surface area contributed by atoms with Crippen LogP contribution in [0, 0.1) is 5.41 Å². The molecule has 2 aliphatic heterocycles. The molecule has 19 heavy (non-hydrogen) atoms. The van der Waals surface area contributed by atoms with Crippen LogP contribution in [0.4, 0.5) is 0 Å². The van der Waals surface area contributed by atoms with Crippen molar-refractivity contribution in [2.24, 2.45) is 5.41 Å². The van der Waals surface area contributed by atoms with Crippen molar-refractivity contribution in [1.29, 1.82) is 0 Å². The van der Waals surface area contributed by atoms with E-state index in [2.05, 4.69) is 0 Å². The molecule has 2 heteroatoms. The minimum absolute atomic E-state index is 0.134. The molecule has 1 spiro atoms. The maximum absolute atomic E-state index is 12.1. The van der Waals surface area contributed by atoms with Gasteiger partial charge in [-0.3, -0.25) is 4.79 Å². The summed E-state index contributed by atoms with van der Waals surface area (Å²) >= 11 is 0. The molecule has 0 N–H and O–H groups in total. The summed E-state index contributed by atoms with van der Waals surface area (Å²) in [6.45, 7) is 0. The Kier molecular flexibility index (Phi) is 2.84. The zero-order chi connectivity index (χ0) is 12.9. The van der Waals surface area contributed by atoms with E-state index in [1.807, 2.05) is 0 Å². The van der Waals surface area contributed by atoms with Crippen molar-refractivity contribution < 1.29 is 9.53 Å². The lowest BCUT2D eigenvalue weighted by Gasteiger charge is -2.50. The van der Waals surface area contributed by atoms with Crippen LogP contribution in [0.1, 0.15) is 70.6 Å². The second-order valence-corrected chi connectivity index (χ2v) is 6.94. The van der Waals surface area contributed by atoms with E-state index in [1.165, 1.54) is 56.9 Å². The van der Waals surface area contributed by atoms with Gasteiger partial charge in [0.2, 0.25) is 0 Å². The molecular weight excluding hydrogens is 236 g/mol. The fourth-order valence-corrected chi connectivity index (χ4v) is 5.20. The van der Waals surface area contributed by atoms with Crippen LogP contribution in [0.25, 0.3) is 0 Å². The zero-order valence-electron chi connectivity index (χ0n) is 11.7. The first-order valence-corrected chi connectivity index (χ1v) is 8.22. The Labute approximate surface area is 115 Å². The highest BCUT2D eigenvalue weighted by atomic mass is 16.5. The fourth-order valence-electron chi connectivity index (χ4n) is 5.20. The van der Waals surface area contributed by atoms with Crippen LogP contribution >= 0.6 is 0 Å². The van der Waals surface area contributed by atoms with Gasteiger partial charge in [0.1, 0.15) is 6.10 Å². The molecule has 2 bridgehead atoms. The molecule has 0 amide bonds. The monoisotopic (exact) mass is 260 g/mol. The van der Waals surface area contributed by atoms with Crippen LogP contribution in [0.2, 0.25) is 0 Å². The second-order valence-electron chi connectivity index (χ2n) is 6.94. The molecule has 0 aromatic heterocycles. The van der Waals surface area contributed by atoms with Gasteiger partial charge in [-0.15, -0.1) is 0 Å². The Bertz CT molecular complexity index is 427. The summed E-state index contributed by atoms with van der Waals surface area (Å²) in [7, 11) is 0. The molecule has 0 aromatic carbocycles. The largest absolute Gasteiger partial charge is 0.362 e. The summed E-state index contributed by atoms with van der Waals surface area (Å²) in [5.74, 6) is 0.356. The minimum atomic E-state index is -0.134. The van der Waals surface area contributed by atoms with E-state index in [0.29, 0.717) is 17.3 Å². The Morgan fingerprint density at radius 2 is 1.74 bits per heavy atom. The number of hydrogen-bond acceptors (Lipinski definition) is 2. The highest BCUT2D eigenvalue weighted by Gasteiger charge is 2.53. The predicted octanol–water partition coefficient (Wildman–Crippen LogP) is 3.94. The lowest BCUT2D eigenvalue weighted by atomic mass is 9.63. The van der Waals surface area contributed by atoms with E-state index >= 15 is 0 Å². The van der Waals surface area contributed by atoms with Gasteiger partial charge in [-0.2, -0.15) is 0 Å². The number of carbonyl (C=O) groups is 1. The molecule has 104 valence electrons. The van der Waals surface area contributed by atoms with Gasteiger partial charge >= 0.3 is 0 Å². The van der Waals surface area contributed by atoms with Crippen LogP contribution in [-0.2, 0) is 9.53 Å². The molecule has 1 saturated heterocycles. The van der Waals surface area contributed by atoms with Crippen LogP contribution < -0.4 is 0 Å². The SMILES string of the molecule is O=C1CC[C@H]2O[C@@H]1C1=C(CCC1)C21CCCCCC1. The van der Waals surface area contributed by atoms with Gasteiger partial charge in [0.05, 0.1) is 6.10 Å². The van der Waals surface area contributed by atoms with E-state index in [0.717, 1.165) is 19.3 Å².